The van der Waals surface area contributed by atoms with Gasteiger partial charge in [0.25, 0.3) is 0 Å². The van der Waals surface area contributed by atoms with Gasteiger partial charge in [0.15, 0.2) is 0 Å². The van der Waals surface area contributed by atoms with Gasteiger partial charge in [0, 0.05) is 24.7 Å². The second kappa shape index (κ2) is 4.84. The first kappa shape index (κ1) is 10.0. The van der Waals surface area contributed by atoms with Crippen molar-refractivity contribution in [1.82, 2.24) is 15.4 Å². The highest BCUT2D eigenvalue weighted by Crippen LogP contribution is 2.15. The number of rotatable bonds is 3. The van der Waals surface area contributed by atoms with Crippen molar-refractivity contribution in [2.24, 2.45) is 0 Å². The first-order chi connectivity index (χ1) is 6.86. The van der Waals surface area contributed by atoms with Gasteiger partial charge in [-0.2, -0.15) is 0 Å². The molecule has 1 aliphatic heterocycles. The summed E-state index contributed by atoms with van der Waals surface area (Å²) in [6, 6.07) is 0.299. The summed E-state index contributed by atoms with van der Waals surface area (Å²) in [5.41, 5.74) is 3.42. The first-order valence-electron chi connectivity index (χ1n) is 4.84. The molecule has 1 fully saturated rings. The molecule has 78 valence electrons. The molecule has 1 atom stereocenters. The summed E-state index contributed by atoms with van der Waals surface area (Å²) in [7, 11) is 0. The van der Waals surface area contributed by atoms with Crippen molar-refractivity contribution in [3.05, 3.63) is 16.6 Å². The number of aromatic nitrogens is 1. The fourth-order valence-electron chi connectivity index (χ4n) is 1.47. The number of hydrogen-bond acceptors (Lipinski definition) is 5. The van der Waals surface area contributed by atoms with Crippen molar-refractivity contribution < 1.29 is 4.74 Å². The molecule has 0 aromatic carbocycles. The van der Waals surface area contributed by atoms with Gasteiger partial charge in [-0.25, -0.2) is 15.4 Å². The lowest BCUT2D eigenvalue weighted by Gasteiger charge is -2.29. The maximum Gasteiger partial charge on any atom is 0.111 e. The van der Waals surface area contributed by atoms with E-state index in [1.165, 1.54) is 0 Å². The predicted octanol–water partition coefficient (Wildman–Crippen LogP) is 1.04. The fraction of sp³-hybridized carbons (Fsp3) is 0.667. The number of hydrogen-bond donors (Lipinski definition) is 1. The van der Waals surface area contributed by atoms with Crippen LogP contribution in [-0.4, -0.2) is 36.3 Å². The minimum atomic E-state index is 0.299. The van der Waals surface area contributed by atoms with Crippen LogP contribution in [0.25, 0.3) is 0 Å². The van der Waals surface area contributed by atoms with E-state index in [-0.39, 0.29) is 0 Å². The zero-order valence-corrected chi connectivity index (χ0v) is 9.09. The second-order valence-corrected chi connectivity index (χ2v) is 4.25. The molecule has 0 aliphatic carbocycles. The highest BCUT2D eigenvalue weighted by atomic mass is 32.1. The van der Waals surface area contributed by atoms with Gasteiger partial charge in [-0.3, -0.25) is 0 Å². The summed E-state index contributed by atoms with van der Waals surface area (Å²) in [6.07, 6.45) is 1.84. The number of ether oxygens (including phenoxy) is 1. The van der Waals surface area contributed by atoms with Gasteiger partial charge >= 0.3 is 0 Å². The Bertz CT molecular complexity index is 259. The molecule has 1 N–H and O–H groups in total. The van der Waals surface area contributed by atoms with E-state index in [4.69, 9.17) is 4.74 Å². The molecule has 5 heteroatoms. The third-order valence-electron chi connectivity index (χ3n) is 2.21. The molecule has 0 spiro atoms. The standard InChI is InChI=1S/C9H15N3OS/c1-8(9-10-2-7-14-9)11-12-3-5-13-6-4-12/h2,7-8,11H,3-6H2,1H3/t8-/m1/s1. The van der Waals surface area contributed by atoms with E-state index < -0.39 is 0 Å². The number of thiazole rings is 1. The van der Waals surface area contributed by atoms with Crippen LogP contribution in [0.1, 0.15) is 18.0 Å². The van der Waals surface area contributed by atoms with Crippen LogP contribution >= 0.6 is 11.3 Å². The maximum atomic E-state index is 5.28. The van der Waals surface area contributed by atoms with E-state index in [0.29, 0.717) is 6.04 Å². The van der Waals surface area contributed by atoms with Crippen molar-refractivity contribution >= 4 is 11.3 Å². The van der Waals surface area contributed by atoms with Crippen LogP contribution in [0.3, 0.4) is 0 Å². The van der Waals surface area contributed by atoms with E-state index in [2.05, 4.69) is 22.3 Å². The van der Waals surface area contributed by atoms with Gasteiger partial charge < -0.3 is 4.74 Å². The van der Waals surface area contributed by atoms with E-state index in [1.807, 2.05) is 11.6 Å². The molecule has 1 aromatic heterocycles. The number of nitrogens with zero attached hydrogens (tertiary/aromatic N) is 2. The smallest absolute Gasteiger partial charge is 0.111 e. The molecule has 0 unspecified atom stereocenters. The minimum absolute atomic E-state index is 0.299. The zero-order valence-electron chi connectivity index (χ0n) is 8.27. The number of hydrazine groups is 1. The lowest BCUT2D eigenvalue weighted by Crippen LogP contribution is -2.46. The molecule has 1 saturated heterocycles. The average Bonchev–Trinajstić information content (AvgIpc) is 2.72. The number of nitrogens with one attached hydrogen (secondary N) is 1. The second-order valence-electron chi connectivity index (χ2n) is 3.32. The summed E-state index contributed by atoms with van der Waals surface area (Å²) in [5.74, 6) is 0. The summed E-state index contributed by atoms with van der Waals surface area (Å²) < 4.78 is 5.28. The van der Waals surface area contributed by atoms with Gasteiger partial charge in [0.1, 0.15) is 5.01 Å². The monoisotopic (exact) mass is 213 g/mol. The zero-order chi connectivity index (χ0) is 9.80. The SMILES string of the molecule is C[C@@H](NN1CCOCC1)c1nccs1. The van der Waals surface area contributed by atoms with Crippen molar-refractivity contribution in [3.63, 3.8) is 0 Å². The topological polar surface area (TPSA) is 37.4 Å². The Labute approximate surface area is 87.9 Å². The molecule has 0 saturated carbocycles. The maximum absolute atomic E-state index is 5.28. The highest BCUT2D eigenvalue weighted by molar-refractivity contribution is 7.09. The molecule has 1 aliphatic rings. The Morgan fingerprint density at radius 1 is 1.57 bits per heavy atom. The van der Waals surface area contributed by atoms with E-state index in [9.17, 15) is 0 Å². The van der Waals surface area contributed by atoms with Crippen LogP contribution in [-0.2, 0) is 4.74 Å². The Morgan fingerprint density at radius 3 is 3.00 bits per heavy atom. The van der Waals surface area contributed by atoms with E-state index in [1.54, 1.807) is 11.3 Å². The van der Waals surface area contributed by atoms with Crippen LogP contribution in [0.5, 0.6) is 0 Å². The molecular formula is C9H15N3OS. The quantitative estimate of drug-likeness (QED) is 0.814. The number of morpholine rings is 1. The average molecular weight is 213 g/mol. The largest absolute Gasteiger partial charge is 0.379 e. The predicted molar refractivity (Wildman–Crippen MR) is 56.1 cm³/mol. The molecule has 1 aromatic rings. The fourth-order valence-corrected chi connectivity index (χ4v) is 2.11. The van der Waals surface area contributed by atoms with Crippen LogP contribution in [0, 0.1) is 0 Å². The molecule has 0 amide bonds. The first-order valence-corrected chi connectivity index (χ1v) is 5.72. The lowest BCUT2D eigenvalue weighted by molar-refractivity contribution is 0.00483. The molecule has 14 heavy (non-hydrogen) atoms. The third kappa shape index (κ3) is 2.51. The van der Waals surface area contributed by atoms with Crippen LogP contribution in [0.2, 0.25) is 0 Å². The van der Waals surface area contributed by atoms with Crippen molar-refractivity contribution in [1.29, 1.82) is 0 Å². The molecule has 4 nitrogen and oxygen atoms in total. The minimum Gasteiger partial charge on any atom is -0.379 e. The van der Waals surface area contributed by atoms with Gasteiger partial charge in [-0.05, 0) is 6.92 Å². The molecule has 0 bridgehead atoms. The highest BCUT2D eigenvalue weighted by Gasteiger charge is 2.14. The van der Waals surface area contributed by atoms with Crippen molar-refractivity contribution in [3.8, 4) is 0 Å². The Morgan fingerprint density at radius 2 is 2.36 bits per heavy atom. The summed E-state index contributed by atoms with van der Waals surface area (Å²) >= 11 is 1.69. The van der Waals surface area contributed by atoms with Gasteiger partial charge in [0.05, 0.1) is 19.3 Å². The Balaban J connectivity index is 1.84. The molecule has 2 rings (SSSR count). The van der Waals surface area contributed by atoms with Crippen LogP contribution in [0.4, 0.5) is 0 Å². The molecule has 2 heterocycles. The van der Waals surface area contributed by atoms with Crippen LogP contribution < -0.4 is 5.43 Å². The summed E-state index contributed by atoms with van der Waals surface area (Å²) in [6.45, 7) is 5.68. The van der Waals surface area contributed by atoms with Crippen molar-refractivity contribution in [2.45, 2.75) is 13.0 Å². The van der Waals surface area contributed by atoms with Crippen LogP contribution in [0.15, 0.2) is 11.6 Å². The van der Waals surface area contributed by atoms with Gasteiger partial charge in [-0.1, -0.05) is 0 Å². The summed E-state index contributed by atoms with van der Waals surface area (Å²) in [5, 5.41) is 5.35. The lowest BCUT2D eigenvalue weighted by atomic mass is 10.4. The summed E-state index contributed by atoms with van der Waals surface area (Å²) in [4.78, 5) is 4.28. The Hall–Kier alpha value is -0.490. The van der Waals surface area contributed by atoms with E-state index >= 15 is 0 Å². The molecular weight excluding hydrogens is 198 g/mol. The van der Waals surface area contributed by atoms with E-state index in [0.717, 1.165) is 31.3 Å². The third-order valence-corrected chi connectivity index (χ3v) is 3.17. The van der Waals surface area contributed by atoms with Crippen molar-refractivity contribution in [2.75, 3.05) is 26.3 Å². The molecule has 0 radical (unpaired) electrons. The van der Waals surface area contributed by atoms with Gasteiger partial charge in [-0.15, -0.1) is 11.3 Å². The Kier molecular flexibility index (Phi) is 3.47. The van der Waals surface area contributed by atoms with Gasteiger partial charge in [0.2, 0.25) is 0 Å². The normalized spacial score (nSPS) is 20.9.